The lowest BCUT2D eigenvalue weighted by molar-refractivity contribution is -0.133. The van der Waals surface area contributed by atoms with Crippen LogP contribution in [0.5, 0.6) is 0 Å². The third kappa shape index (κ3) is 3.19. The van der Waals surface area contributed by atoms with E-state index in [1.807, 2.05) is 6.07 Å². The predicted octanol–water partition coefficient (Wildman–Crippen LogP) is 4.04. The van der Waals surface area contributed by atoms with Crippen LogP contribution in [0.1, 0.15) is 49.7 Å². The molecule has 2 aromatic heterocycles. The van der Waals surface area contributed by atoms with Crippen LogP contribution >= 0.6 is 0 Å². The van der Waals surface area contributed by atoms with Gasteiger partial charge in [-0.15, -0.1) is 0 Å². The molecule has 1 N–H and O–H groups in total. The first kappa shape index (κ1) is 19.7. The summed E-state index contributed by atoms with van der Waals surface area (Å²) in [7, 11) is 0. The van der Waals surface area contributed by atoms with Gasteiger partial charge in [0.1, 0.15) is 16.9 Å². The molecule has 7 heteroatoms. The molecule has 1 aromatic carbocycles. The lowest BCUT2D eigenvalue weighted by atomic mass is 9.96. The molecule has 1 saturated heterocycles. The molecular formula is C24H24FN3O3. The monoisotopic (exact) mass is 421 g/mol. The zero-order chi connectivity index (χ0) is 22.0. The topological polar surface area (TPSA) is 75.4 Å². The number of nitrogens with one attached hydrogen (secondary N) is 1. The van der Waals surface area contributed by atoms with Crippen LogP contribution in [-0.2, 0) is 10.2 Å². The maximum absolute atomic E-state index is 13.4. The van der Waals surface area contributed by atoms with E-state index in [4.69, 9.17) is 9.40 Å². The van der Waals surface area contributed by atoms with E-state index in [0.717, 1.165) is 24.0 Å². The molecule has 5 rings (SSSR count). The molecule has 2 aliphatic rings. The molecule has 1 saturated carbocycles. The van der Waals surface area contributed by atoms with Crippen molar-refractivity contribution in [2.75, 3.05) is 13.1 Å². The minimum Gasteiger partial charge on any atom is -0.449 e. The Labute approximate surface area is 179 Å². The molecule has 1 aliphatic carbocycles. The highest BCUT2D eigenvalue weighted by atomic mass is 19.1. The average molecular weight is 421 g/mol. The molecule has 2 amide bonds. The second kappa shape index (κ2) is 6.64. The SMILES string of the molecule is CC1(c2cc(-c3ccc(F)cc3)nc3cc(C(=O)N4CCNC(=O)C4(C)C)oc23)CC1. The normalized spacial score (nSPS) is 19.4. The molecule has 0 atom stereocenters. The second-order valence-electron chi connectivity index (χ2n) is 9.22. The summed E-state index contributed by atoms with van der Waals surface area (Å²) in [4.78, 5) is 31.8. The summed E-state index contributed by atoms with van der Waals surface area (Å²) in [5, 5.41) is 2.80. The number of hydrogen-bond acceptors (Lipinski definition) is 4. The molecule has 6 nitrogen and oxygen atoms in total. The molecule has 0 spiro atoms. The van der Waals surface area contributed by atoms with Crippen molar-refractivity contribution >= 4 is 22.9 Å². The number of hydrogen-bond donors (Lipinski definition) is 1. The number of aromatic nitrogens is 1. The summed E-state index contributed by atoms with van der Waals surface area (Å²) < 4.78 is 19.5. The molecule has 31 heavy (non-hydrogen) atoms. The zero-order valence-corrected chi connectivity index (χ0v) is 17.8. The second-order valence-corrected chi connectivity index (χ2v) is 9.22. The van der Waals surface area contributed by atoms with Crippen LogP contribution in [-0.4, -0.2) is 40.3 Å². The first-order valence-electron chi connectivity index (χ1n) is 10.5. The fraction of sp³-hybridized carbons (Fsp3) is 0.375. The molecule has 0 radical (unpaired) electrons. The predicted molar refractivity (Wildman–Crippen MR) is 114 cm³/mol. The van der Waals surface area contributed by atoms with Gasteiger partial charge in [-0.3, -0.25) is 9.59 Å². The lowest BCUT2D eigenvalue weighted by Crippen LogP contribution is -2.63. The maximum atomic E-state index is 13.4. The van der Waals surface area contributed by atoms with Crippen LogP contribution in [0, 0.1) is 5.82 Å². The van der Waals surface area contributed by atoms with Crippen LogP contribution in [0.4, 0.5) is 4.39 Å². The van der Waals surface area contributed by atoms with Gasteiger partial charge in [0, 0.05) is 30.3 Å². The van der Waals surface area contributed by atoms with Gasteiger partial charge in [0.2, 0.25) is 5.91 Å². The van der Waals surface area contributed by atoms with Crippen LogP contribution < -0.4 is 5.32 Å². The van der Waals surface area contributed by atoms with E-state index in [0.29, 0.717) is 29.9 Å². The summed E-state index contributed by atoms with van der Waals surface area (Å²) in [6.45, 7) is 6.43. The minimum atomic E-state index is -0.966. The van der Waals surface area contributed by atoms with Crippen LogP contribution in [0.2, 0.25) is 0 Å². The number of furan rings is 1. The van der Waals surface area contributed by atoms with Gasteiger partial charge < -0.3 is 14.6 Å². The maximum Gasteiger partial charge on any atom is 0.290 e. The number of rotatable bonds is 3. The highest BCUT2D eigenvalue weighted by molar-refractivity contribution is 6.00. The largest absolute Gasteiger partial charge is 0.449 e. The Balaban J connectivity index is 1.61. The van der Waals surface area contributed by atoms with E-state index in [-0.39, 0.29) is 28.8 Å². The molecule has 0 bridgehead atoms. The van der Waals surface area contributed by atoms with Gasteiger partial charge in [0.05, 0.1) is 5.69 Å². The molecule has 3 aromatic rings. The smallest absolute Gasteiger partial charge is 0.290 e. The van der Waals surface area contributed by atoms with Gasteiger partial charge in [-0.2, -0.15) is 0 Å². The molecular weight excluding hydrogens is 397 g/mol. The molecule has 1 aliphatic heterocycles. The number of pyridine rings is 1. The molecule has 2 fully saturated rings. The van der Waals surface area contributed by atoms with Gasteiger partial charge in [0.25, 0.3) is 5.91 Å². The van der Waals surface area contributed by atoms with Gasteiger partial charge in [-0.05, 0) is 62.4 Å². The number of piperazine rings is 1. The van der Waals surface area contributed by atoms with Crippen molar-refractivity contribution in [2.24, 2.45) is 0 Å². The van der Waals surface area contributed by atoms with E-state index < -0.39 is 5.54 Å². The Hall–Kier alpha value is -3.22. The van der Waals surface area contributed by atoms with Crippen molar-refractivity contribution in [3.8, 4) is 11.3 Å². The fourth-order valence-corrected chi connectivity index (χ4v) is 4.19. The number of fused-ring (bicyclic) bond motifs is 1. The van der Waals surface area contributed by atoms with Gasteiger partial charge in [-0.25, -0.2) is 9.37 Å². The molecule has 160 valence electrons. The van der Waals surface area contributed by atoms with E-state index in [2.05, 4.69) is 12.2 Å². The number of benzene rings is 1. The Morgan fingerprint density at radius 3 is 2.55 bits per heavy atom. The van der Waals surface area contributed by atoms with E-state index >= 15 is 0 Å². The van der Waals surface area contributed by atoms with Crippen LogP contribution in [0.25, 0.3) is 22.4 Å². The summed E-state index contributed by atoms with van der Waals surface area (Å²) in [5.74, 6) is -0.644. The number of carbonyl (C=O) groups excluding carboxylic acids is 2. The summed E-state index contributed by atoms with van der Waals surface area (Å²) >= 11 is 0. The van der Waals surface area contributed by atoms with Gasteiger partial charge >= 0.3 is 0 Å². The highest BCUT2D eigenvalue weighted by Gasteiger charge is 2.44. The van der Waals surface area contributed by atoms with Crippen molar-refractivity contribution < 1.29 is 18.4 Å². The van der Waals surface area contributed by atoms with Gasteiger partial charge in [-0.1, -0.05) is 6.92 Å². The third-order valence-electron chi connectivity index (χ3n) is 6.58. The Bertz CT molecular complexity index is 1210. The molecule has 0 unspecified atom stereocenters. The molecule has 3 heterocycles. The minimum absolute atomic E-state index is 0.0293. The summed E-state index contributed by atoms with van der Waals surface area (Å²) in [5.41, 5.74) is 2.72. The van der Waals surface area contributed by atoms with E-state index in [9.17, 15) is 14.0 Å². The number of halogens is 1. The standard InChI is InChI=1S/C24H24FN3O3/c1-23(2)22(30)26-10-11-28(23)21(29)19-13-18-20(31-19)16(24(3)8-9-24)12-17(27-18)14-4-6-15(25)7-5-14/h4-7,12-13H,8-11H2,1-3H3,(H,26,30). The highest BCUT2D eigenvalue weighted by Crippen LogP contribution is 2.50. The Kier molecular flexibility index (Phi) is 4.22. The van der Waals surface area contributed by atoms with E-state index in [1.165, 1.54) is 12.1 Å². The Morgan fingerprint density at radius 1 is 1.16 bits per heavy atom. The van der Waals surface area contributed by atoms with Crippen molar-refractivity contribution in [3.63, 3.8) is 0 Å². The van der Waals surface area contributed by atoms with Crippen molar-refractivity contribution in [1.82, 2.24) is 15.2 Å². The average Bonchev–Trinajstić information content (AvgIpc) is 3.33. The third-order valence-corrected chi connectivity index (χ3v) is 6.58. The summed E-state index contributed by atoms with van der Waals surface area (Å²) in [6, 6.07) is 9.86. The van der Waals surface area contributed by atoms with Crippen molar-refractivity contribution in [2.45, 2.75) is 44.6 Å². The van der Waals surface area contributed by atoms with Crippen LogP contribution in [0.3, 0.4) is 0 Å². The number of carbonyl (C=O) groups is 2. The lowest BCUT2D eigenvalue weighted by Gasteiger charge is -2.40. The van der Waals surface area contributed by atoms with E-state index in [1.54, 1.807) is 36.9 Å². The first-order valence-corrected chi connectivity index (χ1v) is 10.5. The van der Waals surface area contributed by atoms with Gasteiger partial charge in [0.15, 0.2) is 11.3 Å². The van der Waals surface area contributed by atoms with Crippen molar-refractivity contribution in [3.05, 3.63) is 53.5 Å². The Morgan fingerprint density at radius 2 is 1.87 bits per heavy atom. The number of amides is 2. The quantitative estimate of drug-likeness (QED) is 0.693. The van der Waals surface area contributed by atoms with Crippen molar-refractivity contribution in [1.29, 1.82) is 0 Å². The number of nitrogens with zero attached hydrogens (tertiary/aromatic N) is 2. The summed E-state index contributed by atoms with van der Waals surface area (Å²) in [6.07, 6.45) is 2.05. The zero-order valence-electron chi connectivity index (χ0n) is 17.8. The fourth-order valence-electron chi connectivity index (χ4n) is 4.19. The first-order chi connectivity index (χ1) is 14.7. The van der Waals surface area contributed by atoms with Crippen LogP contribution in [0.15, 0.2) is 40.8 Å².